The minimum Gasteiger partial charge on any atom is -0.300 e. The van der Waals surface area contributed by atoms with E-state index in [1.165, 1.54) is 19.3 Å². The second kappa shape index (κ2) is 4.99. The first-order chi connectivity index (χ1) is 9.49. The van der Waals surface area contributed by atoms with Crippen LogP contribution in [-0.4, -0.2) is 39.6 Å². The van der Waals surface area contributed by atoms with Crippen molar-refractivity contribution in [3.63, 3.8) is 0 Å². The third kappa shape index (κ3) is 2.10. The van der Waals surface area contributed by atoms with E-state index in [1.807, 2.05) is 25.6 Å². The van der Waals surface area contributed by atoms with Gasteiger partial charge in [-0.15, -0.1) is 0 Å². The zero-order valence-corrected chi connectivity index (χ0v) is 13.0. The molecule has 20 heavy (non-hydrogen) atoms. The van der Waals surface area contributed by atoms with Gasteiger partial charge in [-0.1, -0.05) is 6.42 Å². The van der Waals surface area contributed by atoms with Gasteiger partial charge in [0.05, 0.1) is 11.3 Å². The smallest absolute Gasteiger partial charge is 0.169 e. The maximum absolute atomic E-state index is 12.9. The van der Waals surface area contributed by atoms with E-state index < -0.39 is 0 Å². The maximum Gasteiger partial charge on any atom is 0.169 e. The molecule has 0 amide bonds. The molecule has 2 aliphatic heterocycles. The highest BCUT2D eigenvalue weighted by Crippen LogP contribution is 2.37. The molecule has 0 radical (unpaired) electrons. The molecule has 2 fully saturated rings. The number of piperidine rings is 2. The van der Waals surface area contributed by atoms with Gasteiger partial charge < -0.3 is 4.90 Å². The number of hydrogen-bond acceptors (Lipinski definition) is 3. The number of carbonyl (C=O) groups is 1. The van der Waals surface area contributed by atoms with Crippen LogP contribution in [0, 0.1) is 19.8 Å². The standard InChI is InChI=1S/C16H25N3O/c1-10-15(11(2)19(4)17-10)16(20)12-8-13-6-5-7-14(9-12)18(13)3/h12-14H,5-9H2,1-4H3. The molecule has 0 saturated carbocycles. The lowest BCUT2D eigenvalue weighted by atomic mass is 9.76. The second-order valence-corrected chi connectivity index (χ2v) is 6.61. The van der Waals surface area contributed by atoms with Crippen molar-refractivity contribution in [2.75, 3.05) is 7.05 Å². The molecule has 2 saturated heterocycles. The molecule has 2 aliphatic rings. The van der Waals surface area contributed by atoms with Crippen LogP contribution < -0.4 is 0 Å². The predicted octanol–water partition coefficient (Wildman–Crippen LogP) is 2.48. The van der Waals surface area contributed by atoms with Gasteiger partial charge in [0.25, 0.3) is 0 Å². The van der Waals surface area contributed by atoms with E-state index in [1.54, 1.807) is 0 Å². The highest BCUT2D eigenvalue weighted by Gasteiger charge is 2.39. The van der Waals surface area contributed by atoms with Gasteiger partial charge in [-0.3, -0.25) is 9.48 Å². The van der Waals surface area contributed by atoms with E-state index in [4.69, 9.17) is 0 Å². The van der Waals surface area contributed by atoms with E-state index in [0.29, 0.717) is 17.9 Å². The number of hydrogen-bond donors (Lipinski definition) is 0. The van der Waals surface area contributed by atoms with E-state index in [9.17, 15) is 4.79 Å². The molecule has 3 rings (SSSR count). The van der Waals surface area contributed by atoms with Crippen LogP contribution in [0.5, 0.6) is 0 Å². The summed E-state index contributed by atoms with van der Waals surface area (Å²) < 4.78 is 1.83. The fourth-order valence-electron chi connectivity index (χ4n) is 4.16. The van der Waals surface area contributed by atoms with E-state index in [-0.39, 0.29) is 5.92 Å². The van der Waals surface area contributed by atoms with Gasteiger partial charge in [-0.25, -0.2) is 0 Å². The Bertz CT molecular complexity index is 520. The first kappa shape index (κ1) is 13.8. The molecule has 1 aromatic heterocycles. The summed E-state index contributed by atoms with van der Waals surface area (Å²) in [7, 11) is 4.15. The van der Waals surface area contributed by atoms with Crippen LogP contribution in [0.1, 0.15) is 53.8 Å². The molecule has 2 unspecified atom stereocenters. The highest BCUT2D eigenvalue weighted by molar-refractivity contribution is 6.00. The predicted molar refractivity (Wildman–Crippen MR) is 78.9 cm³/mol. The zero-order valence-electron chi connectivity index (χ0n) is 13.0. The fourth-order valence-corrected chi connectivity index (χ4v) is 4.16. The lowest BCUT2D eigenvalue weighted by Gasteiger charge is -2.46. The Morgan fingerprint density at radius 2 is 1.75 bits per heavy atom. The lowest BCUT2D eigenvalue weighted by molar-refractivity contribution is 0.0338. The van der Waals surface area contributed by atoms with Crippen molar-refractivity contribution in [2.45, 2.75) is 58.0 Å². The lowest BCUT2D eigenvalue weighted by Crippen LogP contribution is -2.51. The van der Waals surface area contributed by atoms with Gasteiger partial charge >= 0.3 is 0 Å². The quantitative estimate of drug-likeness (QED) is 0.778. The molecule has 2 atom stereocenters. The van der Waals surface area contributed by atoms with E-state index >= 15 is 0 Å². The molecule has 110 valence electrons. The third-order valence-corrected chi connectivity index (χ3v) is 5.47. The SMILES string of the molecule is Cc1nn(C)c(C)c1C(=O)C1CC2CCCC(C1)N2C. The molecule has 4 heteroatoms. The van der Waals surface area contributed by atoms with Crippen molar-refractivity contribution in [1.82, 2.24) is 14.7 Å². The van der Waals surface area contributed by atoms with Crippen LogP contribution in [0.3, 0.4) is 0 Å². The summed E-state index contributed by atoms with van der Waals surface area (Å²) in [5.41, 5.74) is 2.77. The van der Waals surface area contributed by atoms with Crippen molar-refractivity contribution in [2.24, 2.45) is 13.0 Å². The number of aryl methyl sites for hydroxylation is 2. The summed E-state index contributed by atoms with van der Waals surface area (Å²) in [6, 6.07) is 1.21. The summed E-state index contributed by atoms with van der Waals surface area (Å²) >= 11 is 0. The third-order valence-electron chi connectivity index (χ3n) is 5.47. The van der Waals surface area contributed by atoms with Crippen molar-refractivity contribution >= 4 is 5.78 Å². The molecule has 0 aromatic carbocycles. The number of fused-ring (bicyclic) bond motifs is 2. The molecule has 0 spiro atoms. The van der Waals surface area contributed by atoms with Crippen LogP contribution in [0.2, 0.25) is 0 Å². The van der Waals surface area contributed by atoms with Crippen molar-refractivity contribution in [3.05, 3.63) is 17.0 Å². The van der Waals surface area contributed by atoms with Gasteiger partial charge in [0.1, 0.15) is 0 Å². The van der Waals surface area contributed by atoms with Gasteiger partial charge in [0.2, 0.25) is 0 Å². The van der Waals surface area contributed by atoms with Crippen LogP contribution in [0.15, 0.2) is 0 Å². The van der Waals surface area contributed by atoms with Gasteiger partial charge in [0, 0.05) is 30.7 Å². The summed E-state index contributed by atoms with van der Waals surface area (Å²) in [4.78, 5) is 15.4. The molecular weight excluding hydrogens is 250 g/mol. The molecule has 0 aliphatic carbocycles. The first-order valence-corrected chi connectivity index (χ1v) is 7.75. The zero-order chi connectivity index (χ0) is 14.4. The molecule has 1 aromatic rings. The Balaban J connectivity index is 1.85. The average Bonchev–Trinajstić information content (AvgIpc) is 2.62. The molecule has 3 heterocycles. The van der Waals surface area contributed by atoms with Crippen molar-refractivity contribution in [3.8, 4) is 0 Å². The summed E-state index contributed by atoms with van der Waals surface area (Å²) in [5.74, 6) is 0.529. The molecular formula is C16H25N3O. The largest absolute Gasteiger partial charge is 0.300 e. The van der Waals surface area contributed by atoms with Crippen molar-refractivity contribution in [1.29, 1.82) is 0 Å². The Morgan fingerprint density at radius 3 is 2.25 bits per heavy atom. The van der Waals surface area contributed by atoms with Gasteiger partial charge in [-0.2, -0.15) is 5.10 Å². The van der Waals surface area contributed by atoms with E-state index in [2.05, 4.69) is 17.0 Å². The Labute approximate surface area is 121 Å². The Kier molecular flexibility index (Phi) is 3.44. The normalized spacial score (nSPS) is 30.5. The first-order valence-electron chi connectivity index (χ1n) is 7.75. The van der Waals surface area contributed by atoms with Crippen LogP contribution in [-0.2, 0) is 7.05 Å². The summed E-state index contributed by atoms with van der Waals surface area (Å²) in [5, 5.41) is 4.40. The topological polar surface area (TPSA) is 38.1 Å². The minimum atomic E-state index is 0.197. The molecule has 4 nitrogen and oxygen atoms in total. The molecule has 0 N–H and O–H groups in total. The minimum absolute atomic E-state index is 0.197. The van der Waals surface area contributed by atoms with Gasteiger partial charge in [0.15, 0.2) is 5.78 Å². The fraction of sp³-hybridized carbons (Fsp3) is 0.750. The Hall–Kier alpha value is -1.16. The number of aromatic nitrogens is 2. The molecule has 2 bridgehead atoms. The summed E-state index contributed by atoms with van der Waals surface area (Å²) in [6.07, 6.45) is 5.88. The second-order valence-electron chi connectivity index (χ2n) is 6.61. The number of Topliss-reactive ketones (excluding diaryl/α,β-unsaturated/α-hetero) is 1. The van der Waals surface area contributed by atoms with E-state index in [0.717, 1.165) is 29.8 Å². The van der Waals surface area contributed by atoms with Crippen LogP contribution >= 0.6 is 0 Å². The van der Waals surface area contributed by atoms with Gasteiger partial charge in [-0.05, 0) is 46.6 Å². The number of rotatable bonds is 2. The van der Waals surface area contributed by atoms with Crippen LogP contribution in [0.25, 0.3) is 0 Å². The number of ketones is 1. The maximum atomic E-state index is 12.9. The number of carbonyl (C=O) groups excluding carboxylic acids is 1. The average molecular weight is 275 g/mol. The summed E-state index contributed by atoms with van der Waals surface area (Å²) in [6.45, 7) is 3.96. The van der Waals surface area contributed by atoms with Crippen LogP contribution in [0.4, 0.5) is 0 Å². The van der Waals surface area contributed by atoms with Crippen molar-refractivity contribution < 1.29 is 4.79 Å². The Morgan fingerprint density at radius 1 is 1.15 bits per heavy atom. The monoisotopic (exact) mass is 275 g/mol. The highest BCUT2D eigenvalue weighted by atomic mass is 16.1. The number of nitrogens with zero attached hydrogens (tertiary/aromatic N) is 3.